The summed E-state index contributed by atoms with van der Waals surface area (Å²) in [5, 5.41) is 27.2. The summed E-state index contributed by atoms with van der Waals surface area (Å²) >= 11 is 0. The van der Waals surface area contributed by atoms with Crippen LogP contribution in [0, 0.1) is 0 Å². The van der Waals surface area contributed by atoms with E-state index in [9.17, 15) is 0 Å². The fraction of sp³-hybridized carbons (Fsp3) is 0.655. The lowest BCUT2D eigenvalue weighted by molar-refractivity contribution is 0.415. The predicted octanol–water partition coefficient (Wildman–Crippen LogP) is 3.54. The van der Waals surface area contributed by atoms with Crippen molar-refractivity contribution in [3.63, 3.8) is 0 Å². The van der Waals surface area contributed by atoms with Gasteiger partial charge in [-0.25, -0.2) is 4.98 Å². The minimum absolute atomic E-state index is 0.378. The molecule has 1 aromatic carbocycles. The third-order valence-corrected chi connectivity index (χ3v) is 7.43. The first kappa shape index (κ1) is 30.0. The van der Waals surface area contributed by atoms with Gasteiger partial charge in [0.15, 0.2) is 0 Å². The van der Waals surface area contributed by atoms with Crippen LogP contribution >= 0.6 is 0 Å². The van der Waals surface area contributed by atoms with Crippen LogP contribution in [0.4, 0.5) is 11.8 Å². The van der Waals surface area contributed by atoms with Crippen LogP contribution in [0.2, 0.25) is 0 Å². The Morgan fingerprint density at radius 3 is 2.75 bits per heavy atom. The molecule has 0 saturated carbocycles. The van der Waals surface area contributed by atoms with Gasteiger partial charge in [0.2, 0.25) is 5.95 Å². The molecule has 2 aromatic heterocycles. The molecule has 1 aliphatic heterocycles. The largest absolute Gasteiger partial charge is 0.497 e. The van der Waals surface area contributed by atoms with Crippen LogP contribution < -0.4 is 31.3 Å². The molecule has 0 bridgehead atoms. The van der Waals surface area contributed by atoms with Crippen LogP contribution in [0.5, 0.6) is 5.75 Å². The van der Waals surface area contributed by atoms with Gasteiger partial charge in [-0.1, -0.05) is 25.5 Å². The van der Waals surface area contributed by atoms with Gasteiger partial charge in [0.1, 0.15) is 17.3 Å². The first-order valence-corrected chi connectivity index (χ1v) is 15.1. The van der Waals surface area contributed by atoms with Gasteiger partial charge in [0.25, 0.3) is 0 Å². The number of fused-ring (bicyclic) bond motifs is 1. The topological polar surface area (TPSA) is 126 Å². The summed E-state index contributed by atoms with van der Waals surface area (Å²) in [5.41, 5.74) is 1.73. The van der Waals surface area contributed by atoms with Crippen molar-refractivity contribution in [3.8, 4) is 5.75 Å². The van der Waals surface area contributed by atoms with Crippen molar-refractivity contribution in [2.75, 3.05) is 50.5 Å². The number of methoxy groups -OCH3 is 1. The molecule has 11 heteroatoms. The molecular formula is C29H48N10O. The number of aromatic nitrogens is 5. The maximum absolute atomic E-state index is 5.45. The predicted molar refractivity (Wildman–Crippen MR) is 162 cm³/mol. The smallest absolute Gasteiger partial charge is 0.225 e. The SMILES string of the molecule is CCCC(CC)NCCCNCCCn1cc(CNc2nc(NC3CCNCC3)c3cc(OC)ccc3n2)nn1. The lowest BCUT2D eigenvalue weighted by Crippen LogP contribution is -2.35. The van der Waals surface area contributed by atoms with E-state index in [1.165, 1.54) is 19.3 Å². The van der Waals surface area contributed by atoms with E-state index < -0.39 is 0 Å². The summed E-state index contributed by atoms with van der Waals surface area (Å²) < 4.78 is 7.36. The lowest BCUT2D eigenvalue weighted by Gasteiger charge is -2.25. The second-order valence-electron chi connectivity index (χ2n) is 10.6. The van der Waals surface area contributed by atoms with Gasteiger partial charge >= 0.3 is 0 Å². The molecule has 3 heterocycles. The minimum Gasteiger partial charge on any atom is -0.497 e. The molecule has 3 aromatic rings. The summed E-state index contributed by atoms with van der Waals surface area (Å²) in [4.78, 5) is 9.57. The van der Waals surface area contributed by atoms with Gasteiger partial charge < -0.3 is 31.3 Å². The number of nitrogens with one attached hydrogen (secondary N) is 5. The highest BCUT2D eigenvalue weighted by atomic mass is 16.5. The summed E-state index contributed by atoms with van der Waals surface area (Å²) in [6, 6.07) is 6.94. The van der Waals surface area contributed by atoms with Gasteiger partial charge in [0.05, 0.1) is 25.4 Å². The molecule has 1 fully saturated rings. The number of benzene rings is 1. The maximum atomic E-state index is 5.45. The van der Waals surface area contributed by atoms with Crippen molar-refractivity contribution in [3.05, 3.63) is 30.1 Å². The molecule has 40 heavy (non-hydrogen) atoms. The van der Waals surface area contributed by atoms with Crippen molar-refractivity contribution >= 4 is 22.7 Å². The Morgan fingerprint density at radius 2 is 1.95 bits per heavy atom. The van der Waals surface area contributed by atoms with Crippen LogP contribution in [0.3, 0.4) is 0 Å². The van der Waals surface area contributed by atoms with Gasteiger partial charge in [-0.15, -0.1) is 5.10 Å². The van der Waals surface area contributed by atoms with Crippen LogP contribution in [0.25, 0.3) is 10.9 Å². The summed E-state index contributed by atoms with van der Waals surface area (Å²) in [6.45, 7) is 11.0. The molecule has 220 valence electrons. The third kappa shape index (κ3) is 9.28. The van der Waals surface area contributed by atoms with Crippen LogP contribution in [0.1, 0.15) is 64.5 Å². The molecule has 11 nitrogen and oxygen atoms in total. The van der Waals surface area contributed by atoms with E-state index in [0.29, 0.717) is 24.6 Å². The zero-order chi connectivity index (χ0) is 28.0. The fourth-order valence-corrected chi connectivity index (χ4v) is 5.09. The zero-order valence-corrected chi connectivity index (χ0v) is 24.5. The van der Waals surface area contributed by atoms with E-state index in [-0.39, 0.29) is 0 Å². The summed E-state index contributed by atoms with van der Waals surface area (Å²) in [5.74, 6) is 2.19. The molecule has 1 saturated heterocycles. The summed E-state index contributed by atoms with van der Waals surface area (Å²) in [7, 11) is 1.68. The molecule has 0 radical (unpaired) electrons. The normalized spacial score (nSPS) is 14.9. The Labute approximate surface area is 238 Å². The minimum atomic E-state index is 0.378. The molecule has 0 spiro atoms. The van der Waals surface area contributed by atoms with Crippen molar-refractivity contribution in [2.24, 2.45) is 0 Å². The van der Waals surface area contributed by atoms with Gasteiger partial charge in [-0.05, 0) is 89.4 Å². The number of ether oxygens (including phenoxy) is 1. The maximum Gasteiger partial charge on any atom is 0.225 e. The van der Waals surface area contributed by atoms with E-state index in [1.54, 1.807) is 7.11 Å². The van der Waals surface area contributed by atoms with Gasteiger partial charge in [0, 0.05) is 24.0 Å². The quantitative estimate of drug-likeness (QED) is 0.150. The highest BCUT2D eigenvalue weighted by Gasteiger charge is 2.17. The Balaban J connectivity index is 1.23. The van der Waals surface area contributed by atoms with Crippen molar-refractivity contribution in [1.29, 1.82) is 0 Å². The average Bonchev–Trinajstić information content (AvgIpc) is 3.45. The van der Waals surface area contributed by atoms with Crippen molar-refractivity contribution in [1.82, 2.24) is 40.9 Å². The molecule has 4 rings (SSSR count). The zero-order valence-electron chi connectivity index (χ0n) is 24.5. The van der Waals surface area contributed by atoms with E-state index in [1.807, 2.05) is 29.1 Å². The number of nitrogens with zero attached hydrogens (tertiary/aromatic N) is 5. The average molecular weight is 553 g/mol. The molecule has 1 aliphatic rings. The van der Waals surface area contributed by atoms with E-state index in [4.69, 9.17) is 14.7 Å². The Hall–Kier alpha value is -3.02. The first-order chi connectivity index (χ1) is 19.7. The number of hydrogen-bond donors (Lipinski definition) is 5. The van der Waals surface area contributed by atoms with Crippen molar-refractivity contribution < 1.29 is 4.74 Å². The van der Waals surface area contributed by atoms with E-state index in [2.05, 4.69) is 50.7 Å². The Bertz CT molecular complexity index is 1150. The lowest BCUT2D eigenvalue weighted by atomic mass is 10.1. The van der Waals surface area contributed by atoms with Gasteiger partial charge in [-0.2, -0.15) is 4.98 Å². The number of hydrogen-bond acceptors (Lipinski definition) is 10. The molecule has 5 N–H and O–H groups in total. The van der Waals surface area contributed by atoms with E-state index in [0.717, 1.165) is 93.1 Å². The van der Waals surface area contributed by atoms with Gasteiger partial charge in [-0.3, -0.25) is 4.68 Å². The van der Waals surface area contributed by atoms with Crippen LogP contribution in [0.15, 0.2) is 24.4 Å². The van der Waals surface area contributed by atoms with Crippen LogP contribution in [-0.2, 0) is 13.1 Å². The second-order valence-corrected chi connectivity index (χ2v) is 10.6. The number of piperidine rings is 1. The Kier molecular flexibility index (Phi) is 12.2. The number of aryl methyl sites for hydroxylation is 1. The highest BCUT2D eigenvalue weighted by Crippen LogP contribution is 2.28. The van der Waals surface area contributed by atoms with Crippen LogP contribution in [-0.4, -0.2) is 76.9 Å². The van der Waals surface area contributed by atoms with Crippen molar-refractivity contribution in [2.45, 2.75) is 84.0 Å². The summed E-state index contributed by atoms with van der Waals surface area (Å²) in [6.07, 6.45) is 10.0. The number of rotatable bonds is 18. The number of anilines is 2. The highest BCUT2D eigenvalue weighted by molar-refractivity contribution is 5.91. The van der Waals surface area contributed by atoms with E-state index >= 15 is 0 Å². The fourth-order valence-electron chi connectivity index (χ4n) is 5.09. The molecular weight excluding hydrogens is 504 g/mol. The molecule has 0 amide bonds. The Morgan fingerprint density at radius 1 is 1.10 bits per heavy atom. The second kappa shape index (κ2) is 16.3. The monoisotopic (exact) mass is 552 g/mol. The first-order valence-electron chi connectivity index (χ1n) is 15.1. The molecule has 1 unspecified atom stereocenters. The molecule has 1 atom stereocenters. The third-order valence-electron chi connectivity index (χ3n) is 7.43. The molecule has 0 aliphatic carbocycles. The standard InChI is InChI=1S/C29H48N10O/c1-4-8-22(5-2)32-15-6-13-30-14-7-18-39-21-24(37-38-39)20-33-29-35-27-10-9-25(40-3)19-26(27)28(36-29)34-23-11-16-31-17-12-23/h9-10,19,21-23,30-32H,4-8,11-18,20H2,1-3H3,(H2,33,34,35,36).